The van der Waals surface area contributed by atoms with Crippen molar-refractivity contribution < 1.29 is 9.21 Å². The summed E-state index contributed by atoms with van der Waals surface area (Å²) in [5.41, 5.74) is 5.86. The largest absolute Gasteiger partial charge is 0.466 e. The van der Waals surface area contributed by atoms with Crippen molar-refractivity contribution >= 4 is 5.91 Å². The first kappa shape index (κ1) is 14.1. The number of hydrogen-bond acceptors (Lipinski definition) is 3. The summed E-state index contributed by atoms with van der Waals surface area (Å²) in [5.74, 6) is 1.98. The predicted molar refractivity (Wildman–Crippen MR) is 74.8 cm³/mol. The first-order chi connectivity index (χ1) is 8.88. The molecule has 1 aromatic heterocycles. The van der Waals surface area contributed by atoms with Crippen LogP contribution in [-0.2, 0) is 11.2 Å². The Morgan fingerprint density at radius 3 is 2.84 bits per heavy atom. The van der Waals surface area contributed by atoms with Crippen LogP contribution in [0, 0.1) is 6.92 Å². The third kappa shape index (κ3) is 3.38. The van der Waals surface area contributed by atoms with E-state index in [0.29, 0.717) is 12.8 Å². The second-order valence-electron chi connectivity index (χ2n) is 6.12. The van der Waals surface area contributed by atoms with Crippen LogP contribution in [0.5, 0.6) is 0 Å². The van der Waals surface area contributed by atoms with Crippen LogP contribution in [-0.4, -0.2) is 28.9 Å². The Hall–Kier alpha value is -1.29. The second kappa shape index (κ2) is 5.37. The van der Waals surface area contributed by atoms with Crippen LogP contribution in [0.4, 0.5) is 0 Å². The number of aryl methyl sites for hydroxylation is 2. The summed E-state index contributed by atoms with van der Waals surface area (Å²) < 4.78 is 5.50. The molecule has 0 radical (unpaired) electrons. The van der Waals surface area contributed by atoms with Gasteiger partial charge in [-0.1, -0.05) is 0 Å². The number of carbonyl (C=O) groups excluding carboxylic acids is 1. The summed E-state index contributed by atoms with van der Waals surface area (Å²) in [6.07, 6.45) is 2.95. The molecule has 1 atom stereocenters. The van der Waals surface area contributed by atoms with Gasteiger partial charge in [-0.15, -0.1) is 0 Å². The Kier molecular flexibility index (Phi) is 3.99. The summed E-state index contributed by atoms with van der Waals surface area (Å²) >= 11 is 0. The molecule has 0 saturated carbocycles. The van der Waals surface area contributed by atoms with E-state index in [1.54, 1.807) is 0 Å². The maximum absolute atomic E-state index is 12.3. The normalized spacial score (nSPS) is 22.5. The van der Waals surface area contributed by atoms with E-state index in [2.05, 4.69) is 13.8 Å². The maximum atomic E-state index is 12.3. The van der Waals surface area contributed by atoms with Crippen molar-refractivity contribution in [2.24, 2.45) is 5.73 Å². The fraction of sp³-hybridized carbons (Fsp3) is 0.667. The Morgan fingerprint density at radius 1 is 1.53 bits per heavy atom. The maximum Gasteiger partial charge on any atom is 0.223 e. The Labute approximate surface area is 114 Å². The lowest BCUT2D eigenvalue weighted by molar-refractivity contribution is -0.138. The SMILES string of the molecule is Cc1ccc(CCC(=O)N2CCC(N)CC2(C)C)o1. The lowest BCUT2D eigenvalue weighted by atomic mass is 9.87. The van der Waals surface area contributed by atoms with Gasteiger partial charge >= 0.3 is 0 Å². The molecule has 4 heteroatoms. The van der Waals surface area contributed by atoms with Crippen LogP contribution in [0.3, 0.4) is 0 Å². The molecule has 4 nitrogen and oxygen atoms in total. The summed E-state index contributed by atoms with van der Waals surface area (Å²) in [4.78, 5) is 14.3. The quantitative estimate of drug-likeness (QED) is 0.911. The first-order valence-corrected chi connectivity index (χ1v) is 7.00. The van der Waals surface area contributed by atoms with Gasteiger partial charge in [-0.25, -0.2) is 0 Å². The third-order valence-corrected chi connectivity index (χ3v) is 3.90. The highest BCUT2D eigenvalue weighted by molar-refractivity contribution is 5.77. The lowest BCUT2D eigenvalue weighted by Crippen LogP contribution is -2.55. The molecule has 1 unspecified atom stereocenters. The molecule has 0 aromatic carbocycles. The Morgan fingerprint density at radius 2 is 2.26 bits per heavy atom. The molecule has 1 fully saturated rings. The third-order valence-electron chi connectivity index (χ3n) is 3.90. The van der Waals surface area contributed by atoms with Gasteiger partial charge in [0.05, 0.1) is 0 Å². The molecule has 1 aliphatic rings. The first-order valence-electron chi connectivity index (χ1n) is 7.00. The van der Waals surface area contributed by atoms with Crippen molar-refractivity contribution in [3.63, 3.8) is 0 Å². The van der Waals surface area contributed by atoms with Crippen molar-refractivity contribution in [3.05, 3.63) is 23.7 Å². The van der Waals surface area contributed by atoms with Crippen LogP contribution in [0.2, 0.25) is 0 Å². The number of nitrogens with two attached hydrogens (primary N) is 1. The van der Waals surface area contributed by atoms with Gasteiger partial charge in [0, 0.05) is 31.0 Å². The van der Waals surface area contributed by atoms with Gasteiger partial charge in [-0.3, -0.25) is 4.79 Å². The molecule has 2 rings (SSSR count). The van der Waals surface area contributed by atoms with Crippen LogP contribution in [0.1, 0.15) is 44.6 Å². The smallest absolute Gasteiger partial charge is 0.223 e. The van der Waals surface area contributed by atoms with Gasteiger partial charge in [-0.05, 0) is 45.7 Å². The number of piperidine rings is 1. The molecular formula is C15H24N2O2. The van der Waals surface area contributed by atoms with Crippen molar-refractivity contribution in [2.75, 3.05) is 6.54 Å². The molecule has 0 aliphatic carbocycles. The molecule has 1 amide bonds. The molecule has 1 saturated heterocycles. The topological polar surface area (TPSA) is 59.5 Å². The summed E-state index contributed by atoms with van der Waals surface area (Å²) in [6.45, 7) is 6.88. The molecule has 19 heavy (non-hydrogen) atoms. The minimum absolute atomic E-state index is 0.131. The van der Waals surface area contributed by atoms with E-state index in [0.717, 1.165) is 30.9 Å². The van der Waals surface area contributed by atoms with Gasteiger partial charge < -0.3 is 15.1 Å². The highest BCUT2D eigenvalue weighted by Crippen LogP contribution is 2.27. The van der Waals surface area contributed by atoms with Crippen molar-refractivity contribution in [2.45, 2.75) is 58.0 Å². The van der Waals surface area contributed by atoms with Gasteiger partial charge in [-0.2, -0.15) is 0 Å². The van der Waals surface area contributed by atoms with Gasteiger partial charge in [0.1, 0.15) is 11.5 Å². The van der Waals surface area contributed by atoms with Crippen LogP contribution < -0.4 is 5.73 Å². The molecule has 1 aromatic rings. The molecule has 1 aliphatic heterocycles. The number of furan rings is 1. The fourth-order valence-corrected chi connectivity index (χ4v) is 2.90. The molecule has 0 bridgehead atoms. The van der Waals surface area contributed by atoms with E-state index in [4.69, 9.17) is 10.2 Å². The summed E-state index contributed by atoms with van der Waals surface area (Å²) in [7, 11) is 0. The Balaban J connectivity index is 1.92. The number of carbonyl (C=O) groups is 1. The average Bonchev–Trinajstić information content (AvgIpc) is 2.70. The van der Waals surface area contributed by atoms with E-state index in [-0.39, 0.29) is 17.5 Å². The van der Waals surface area contributed by atoms with Crippen molar-refractivity contribution in [1.82, 2.24) is 4.90 Å². The van der Waals surface area contributed by atoms with E-state index in [1.165, 1.54) is 0 Å². The number of hydrogen-bond donors (Lipinski definition) is 1. The Bertz CT molecular complexity index is 451. The van der Waals surface area contributed by atoms with Gasteiger partial charge in [0.25, 0.3) is 0 Å². The lowest BCUT2D eigenvalue weighted by Gasteiger charge is -2.45. The second-order valence-corrected chi connectivity index (χ2v) is 6.12. The van der Waals surface area contributed by atoms with Crippen molar-refractivity contribution in [1.29, 1.82) is 0 Å². The fourth-order valence-electron chi connectivity index (χ4n) is 2.90. The molecule has 0 spiro atoms. The van der Waals surface area contributed by atoms with E-state index < -0.39 is 0 Å². The minimum Gasteiger partial charge on any atom is -0.466 e. The summed E-state index contributed by atoms with van der Waals surface area (Å²) in [5, 5.41) is 0. The zero-order valence-corrected chi connectivity index (χ0v) is 12.1. The predicted octanol–water partition coefficient (Wildman–Crippen LogP) is 2.25. The van der Waals surface area contributed by atoms with Gasteiger partial charge in [0.15, 0.2) is 0 Å². The zero-order valence-electron chi connectivity index (χ0n) is 12.1. The average molecular weight is 264 g/mol. The monoisotopic (exact) mass is 264 g/mol. The highest BCUT2D eigenvalue weighted by Gasteiger charge is 2.35. The molecule has 106 valence electrons. The summed E-state index contributed by atoms with van der Waals surface area (Å²) in [6, 6.07) is 4.09. The highest BCUT2D eigenvalue weighted by atomic mass is 16.3. The number of amides is 1. The van der Waals surface area contributed by atoms with E-state index >= 15 is 0 Å². The molecular weight excluding hydrogens is 240 g/mol. The van der Waals surface area contributed by atoms with Crippen LogP contribution in [0.15, 0.2) is 16.5 Å². The number of rotatable bonds is 3. The molecule has 2 N–H and O–H groups in total. The van der Waals surface area contributed by atoms with E-state index in [1.807, 2.05) is 24.0 Å². The number of likely N-dealkylation sites (tertiary alicyclic amines) is 1. The van der Waals surface area contributed by atoms with Crippen molar-refractivity contribution in [3.8, 4) is 0 Å². The van der Waals surface area contributed by atoms with Crippen LogP contribution in [0.25, 0.3) is 0 Å². The van der Waals surface area contributed by atoms with Crippen LogP contribution >= 0.6 is 0 Å². The van der Waals surface area contributed by atoms with E-state index in [9.17, 15) is 4.79 Å². The molecule has 2 heterocycles. The minimum atomic E-state index is -0.131. The van der Waals surface area contributed by atoms with Gasteiger partial charge in [0.2, 0.25) is 5.91 Å². The zero-order chi connectivity index (χ0) is 14.0. The number of nitrogens with zero attached hydrogens (tertiary/aromatic N) is 1. The standard InChI is InChI=1S/C15H24N2O2/c1-11-4-5-13(19-11)6-7-14(18)17-9-8-12(16)10-15(17,2)3/h4-5,12H,6-10,16H2,1-3H3.